The number of carbonyl (C=O) groups is 1. The molecule has 1 saturated carbocycles. The number of hydrogen-bond acceptors (Lipinski definition) is 3. The summed E-state index contributed by atoms with van der Waals surface area (Å²) in [5.41, 5.74) is 0.707. The number of thiol groups is 1. The Kier molecular flexibility index (Phi) is 4.05. The van der Waals surface area contributed by atoms with Crippen molar-refractivity contribution in [2.45, 2.75) is 28.9 Å². The molecular formula is C13H17NOS2. The van der Waals surface area contributed by atoms with Crippen LogP contribution in [0.15, 0.2) is 29.2 Å². The average Bonchev–Trinajstić information content (AvgIpc) is 2.29. The summed E-state index contributed by atoms with van der Waals surface area (Å²) in [6, 6.07) is 7.30. The van der Waals surface area contributed by atoms with E-state index in [1.807, 2.05) is 36.0 Å². The summed E-state index contributed by atoms with van der Waals surface area (Å²) in [4.78, 5) is 12.8. The lowest BCUT2D eigenvalue weighted by Gasteiger charge is -2.40. The van der Waals surface area contributed by atoms with Crippen molar-refractivity contribution >= 4 is 30.3 Å². The number of amides is 1. The molecule has 0 aromatic heterocycles. The van der Waals surface area contributed by atoms with Crippen LogP contribution in [0.2, 0.25) is 0 Å². The molecule has 1 aromatic carbocycles. The van der Waals surface area contributed by atoms with Gasteiger partial charge in [0.05, 0.1) is 0 Å². The van der Waals surface area contributed by atoms with Crippen molar-refractivity contribution in [3.05, 3.63) is 29.8 Å². The molecule has 0 bridgehead atoms. The molecule has 2 nitrogen and oxygen atoms in total. The van der Waals surface area contributed by atoms with Crippen LogP contribution in [0.25, 0.3) is 0 Å². The van der Waals surface area contributed by atoms with Crippen LogP contribution >= 0.6 is 24.4 Å². The lowest BCUT2D eigenvalue weighted by Crippen LogP contribution is -2.45. The first kappa shape index (κ1) is 12.8. The Morgan fingerprint density at radius 1 is 1.41 bits per heavy atom. The zero-order valence-corrected chi connectivity index (χ0v) is 11.6. The molecule has 1 aliphatic carbocycles. The topological polar surface area (TPSA) is 29.1 Å². The Morgan fingerprint density at radius 2 is 2.06 bits per heavy atom. The molecule has 1 N–H and O–H groups in total. The highest BCUT2D eigenvalue weighted by molar-refractivity contribution is 8.00. The molecule has 0 unspecified atom stereocenters. The van der Waals surface area contributed by atoms with Crippen LogP contribution in [0.1, 0.15) is 29.6 Å². The van der Waals surface area contributed by atoms with Gasteiger partial charge in [0.25, 0.3) is 5.91 Å². The van der Waals surface area contributed by atoms with Gasteiger partial charge in [-0.05, 0) is 43.4 Å². The smallest absolute Gasteiger partial charge is 0.251 e. The first-order valence-corrected chi connectivity index (χ1v) is 7.45. The second-order valence-corrected chi connectivity index (χ2v) is 6.26. The molecular weight excluding hydrogens is 250 g/mol. The van der Waals surface area contributed by atoms with E-state index in [-0.39, 0.29) is 5.91 Å². The summed E-state index contributed by atoms with van der Waals surface area (Å²) >= 11 is 6.07. The zero-order chi connectivity index (χ0) is 12.3. The van der Waals surface area contributed by atoms with Crippen LogP contribution in [0.5, 0.6) is 0 Å². The fraction of sp³-hybridized carbons (Fsp3) is 0.462. The molecule has 1 aromatic rings. The van der Waals surface area contributed by atoms with Gasteiger partial charge in [-0.1, -0.05) is 6.42 Å². The van der Waals surface area contributed by atoms with Crippen molar-refractivity contribution in [1.29, 1.82) is 0 Å². The third kappa shape index (κ3) is 2.99. The molecule has 0 atom stereocenters. The number of carbonyl (C=O) groups excluding carboxylic acids is 1. The van der Waals surface area contributed by atoms with Crippen LogP contribution < -0.4 is 5.32 Å². The standard InChI is InChI=1S/C13H17NOS2/c1-17-13(7-2-8-13)9-14-12(15)10-3-5-11(16)6-4-10/h3-6,16H,2,7-9H2,1H3,(H,14,15). The maximum atomic E-state index is 11.9. The minimum absolute atomic E-state index is 0.0126. The average molecular weight is 267 g/mol. The number of rotatable bonds is 4. The fourth-order valence-electron chi connectivity index (χ4n) is 1.98. The summed E-state index contributed by atoms with van der Waals surface area (Å²) < 4.78 is 0.291. The predicted molar refractivity (Wildman–Crippen MR) is 76.1 cm³/mol. The number of benzene rings is 1. The van der Waals surface area contributed by atoms with E-state index in [1.54, 1.807) is 0 Å². The van der Waals surface area contributed by atoms with Crippen LogP contribution in [0, 0.1) is 0 Å². The zero-order valence-electron chi connectivity index (χ0n) is 9.90. The van der Waals surface area contributed by atoms with Crippen LogP contribution in [-0.4, -0.2) is 23.5 Å². The van der Waals surface area contributed by atoms with Crippen molar-refractivity contribution in [2.75, 3.05) is 12.8 Å². The number of thioether (sulfide) groups is 1. The maximum Gasteiger partial charge on any atom is 0.251 e. The Balaban J connectivity index is 1.91. The number of hydrogen-bond donors (Lipinski definition) is 2. The highest BCUT2D eigenvalue weighted by atomic mass is 32.2. The van der Waals surface area contributed by atoms with Crippen molar-refractivity contribution in [2.24, 2.45) is 0 Å². The summed E-state index contributed by atoms with van der Waals surface area (Å²) in [5.74, 6) is 0.0126. The molecule has 1 fully saturated rings. The Hall–Kier alpha value is -0.610. The molecule has 0 radical (unpaired) electrons. The molecule has 1 amide bonds. The van der Waals surface area contributed by atoms with Gasteiger partial charge in [0.1, 0.15) is 0 Å². The fourth-order valence-corrected chi connectivity index (χ4v) is 3.04. The van der Waals surface area contributed by atoms with Gasteiger partial charge in [-0.2, -0.15) is 11.8 Å². The summed E-state index contributed by atoms with van der Waals surface area (Å²) in [6.07, 6.45) is 5.83. The molecule has 2 rings (SSSR count). The summed E-state index contributed by atoms with van der Waals surface area (Å²) in [5, 5.41) is 3.03. The van der Waals surface area contributed by atoms with Crippen molar-refractivity contribution in [1.82, 2.24) is 5.32 Å². The molecule has 0 saturated heterocycles. The highest BCUT2D eigenvalue weighted by Crippen LogP contribution is 2.42. The van der Waals surface area contributed by atoms with E-state index in [1.165, 1.54) is 19.3 Å². The minimum atomic E-state index is 0.0126. The van der Waals surface area contributed by atoms with Crippen molar-refractivity contribution < 1.29 is 4.79 Å². The molecule has 1 aliphatic rings. The second kappa shape index (κ2) is 5.36. The maximum absolute atomic E-state index is 11.9. The van der Waals surface area contributed by atoms with E-state index in [4.69, 9.17) is 0 Å². The van der Waals surface area contributed by atoms with Gasteiger partial charge in [-0.3, -0.25) is 4.79 Å². The van der Waals surface area contributed by atoms with Gasteiger partial charge >= 0.3 is 0 Å². The third-order valence-electron chi connectivity index (χ3n) is 3.40. The monoisotopic (exact) mass is 267 g/mol. The van der Waals surface area contributed by atoms with Gasteiger partial charge in [0.15, 0.2) is 0 Å². The normalized spacial score (nSPS) is 17.3. The van der Waals surface area contributed by atoms with Crippen LogP contribution in [0.3, 0.4) is 0 Å². The lowest BCUT2D eigenvalue weighted by atomic mass is 9.84. The highest BCUT2D eigenvalue weighted by Gasteiger charge is 2.36. The molecule has 92 valence electrons. The molecule has 0 aliphatic heterocycles. The van der Waals surface area contributed by atoms with Gasteiger partial charge in [0, 0.05) is 21.8 Å². The summed E-state index contributed by atoms with van der Waals surface area (Å²) in [6.45, 7) is 0.773. The third-order valence-corrected chi connectivity index (χ3v) is 5.12. The van der Waals surface area contributed by atoms with Crippen LogP contribution in [0.4, 0.5) is 0 Å². The molecule has 17 heavy (non-hydrogen) atoms. The SMILES string of the molecule is CSC1(CNC(=O)c2ccc(S)cc2)CCC1. The first-order chi connectivity index (χ1) is 8.15. The largest absolute Gasteiger partial charge is 0.351 e. The summed E-state index contributed by atoms with van der Waals surface area (Å²) in [7, 11) is 0. The Bertz CT molecular complexity index is 393. The minimum Gasteiger partial charge on any atom is -0.351 e. The molecule has 0 spiro atoms. The van der Waals surface area contributed by atoms with Crippen molar-refractivity contribution in [3.63, 3.8) is 0 Å². The molecule has 4 heteroatoms. The van der Waals surface area contributed by atoms with E-state index >= 15 is 0 Å². The van der Waals surface area contributed by atoms with Gasteiger partial charge < -0.3 is 5.32 Å². The van der Waals surface area contributed by atoms with Gasteiger partial charge in [0.2, 0.25) is 0 Å². The van der Waals surface area contributed by atoms with E-state index in [9.17, 15) is 4.79 Å². The predicted octanol–water partition coefficient (Wildman–Crippen LogP) is 2.99. The van der Waals surface area contributed by atoms with Crippen molar-refractivity contribution in [3.8, 4) is 0 Å². The quantitative estimate of drug-likeness (QED) is 0.821. The van der Waals surface area contributed by atoms with E-state index in [0.29, 0.717) is 10.3 Å². The van der Waals surface area contributed by atoms with Crippen LogP contribution in [-0.2, 0) is 0 Å². The Labute approximate surface area is 112 Å². The molecule has 0 heterocycles. The Morgan fingerprint density at radius 3 is 2.53 bits per heavy atom. The van der Waals surface area contributed by atoms with E-state index < -0.39 is 0 Å². The van der Waals surface area contributed by atoms with E-state index in [0.717, 1.165) is 11.4 Å². The first-order valence-electron chi connectivity index (χ1n) is 5.78. The van der Waals surface area contributed by atoms with Gasteiger partial charge in [-0.25, -0.2) is 0 Å². The van der Waals surface area contributed by atoms with E-state index in [2.05, 4.69) is 24.2 Å². The lowest BCUT2D eigenvalue weighted by molar-refractivity contribution is 0.0944. The van der Waals surface area contributed by atoms with Gasteiger partial charge in [-0.15, -0.1) is 12.6 Å². The number of nitrogens with one attached hydrogen (secondary N) is 1. The second-order valence-electron chi connectivity index (χ2n) is 4.47.